The van der Waals surface area contributed by atoms with Gasteiger partial charge in [-0.1, -0.05) is 18.2 Å². The average Bonchev–Trinajstić information content (AvgIpc) is 3.30. The number of fused-ring (bicyclic) bond motifs is 1. The highest BCUT2D eigenvalue weighted by Crippen LogP contribution is 2.29. The number of rotatable bonds is 4. The highest BCUT2D eigenvalue weighted by Gasteiger charge is 2.24. The van der Waals surface area contributed by atoms with Crippen LogP contribution >= 0.6 is 0 Å². The SMILES string of the molecule is Cc1cc(C=Cc2[nH]nc3nc(-c4ccc(O)cc4)cc(C(=O)N4CCNCC4)c23)ccc1C#N. The van der Waals surface area contributed by atoms with E-state index >= 15 is 0 Å². The standard InChI is InChI=1S/C27H24N6O2/c1-17-14-18(2-4-20(17)16-28)3-9-23-25-22(27(35)33-12-10-29-11-13-33)15-24(30-26(25)32-31-23)19-5-7-21(34)8-6-19/h2-9,14-15,29,34H,10-13H2,1H3,(H,30,31,32). The predicted molar refractivity (Wildman–Crippen MR) is 135 cm³/mol. The zero-order valence-corrected chi connectivity index (χ0v) is 19.2. The molecular weight excluding hydrogens is 440 g/mol. The van der Waals surface area contributed by atoms with Crippen LogP contribution in [0.1, 0.15) is 32.7 Å². The highest BCUT2D eigenvalue weighted by molar-refractivity contribution is 6.09. The first-order valence-electron chi connectivity index (χ1n) is 11.4. The summed E-state index contributed by atoms with van der Waals surface area (Å²) in [5.74, 6) is 0.0985. The monoisotopic (exact) mass is 464 g/mol. The number of carbonyl (C=O) groups excluding carboxylic acids is 1. The molecule has 2 aromatic heterocycles. The van der Waals surface area contributed by atoms with Gasteiger partial charge in [0.25, 0.3) is 5.91 Å². The third-order valence-corrected chi connectivity index (χ3v) is 6.16. The van der Waals surface area contributed by atoms with E-state index in [1.807, 2.05) is 36.1 Å². The Morgan fingerprint density at radius 1 is 1.11 bits per heavy atom. The van der Waals surface area contributed by atoms with Crippen molar-refractivity contribution in [3.05, 3.63) is 76.5 Å². The molecule has 8 heteroatoms. The zero-order valence-electron chi connectivity index (χ0n) is 19.2. The van der Waals surface area contributed by atoms with Crippen LogP contribution in [0.15, 0.2) is 48.5 Å². The van der Waals surface area contributed by atoms with Gasteiger partial charge in [0, 0.05) is 31.7 Å². The lowest BCUT2D eigenvalue weighted by atomic mass is 10.0. The molecule has 0 unspecified atom stereocenters. The van der Waals surface area contributed by atoms with E-state index in [0.29, 0.717) is 46.6 Å². The van der Waals surface area contributed by atoms with Crippen LogP contribution in [0.5, 0.6) is 5.75 Å². The number of carbonyl (C=O) groups is 1. The fourth-order valence-electron chi connectivity index (χ4n) is 4.25. The van der Waals surface area contributed by atoms with Crippen molar-refractivity contribution in [3.8, 4) is 23.1 Å². The van der Waals surface area contributed by atoms with Crippen molar-refractivity contribution in [2.75, 3.05) is 26.2 Å². The lowest BCUT2D eigenvalue weighted by molar-refractivity contribution is 0.0737. The van der Waals surface area contributed by atoms with Crippen molar-refractivity contribution in [3.63, 3.8) is 0 Å². The number of hydrogen-bond donors (Lipinski definition) is 3. The second-order valence-electron chi connectivity index (χ2n) is 8.50. The molecule has 0 bridgehead atoms. The predicted octanol–water partition coefficient (Wildman–Crippen LogP) is 3.73. The summed E-state index contributed by atoms with van der Waals surface area (Å²) in [5.41, 5.74) is 5.54. The number of aryl methyl sites for hydroxylation is 1. The van der Waals surface area contributed by atoms with Crippen LogP contribution in [0.2, 0.25) is 0 Å². The molecule has 1 aliphatic rings. The molecule has 2 aromatic carbocycles. The third-order valence-electron chi connectivity index (χ3n) is 6.16. The van der Waals surface area contributed by atoms with Crippen molar-refractivity contribution in [2.45, 2.75) is 6.92 Å². The molecule has 0 saturated carbocycles. The van der Waals surface area contributed by atoms with Gasteiger partial charge in [-0.25, -0.2) is 4.98 Å². The van der Waals surface area contributed by atoms with Crippen molar-refractivity contribution < 1.29 is 9.90 Å². The number of benzene rings is 2. The summed E-state index contributed by atoms with van der Waals surface area (Å²) in [5, 5.41) is 30.2. The first-order chi connectivity index (χ1) is 17.0. The zero-order chi connectivity index (χ0) is 24.4. The van der Waals surface area contributed by atoms with E-state index in [-0.39, 0.29) is 11.7 Å². The average molecular weight is 465 g/mol. The maximum absolute atomic E-state index is 13.6. The molecule has 0 aliphatic carbocycles. The molecule has 0 spiro atoms. The van der Waals surface area contributed by atoms with Crippen molar-refractivity contribution in [2.24, 2.45) is 0 Å². The second kappa shape index (κ2) is 9.41. The number of amides is 1. The van der Waals surface area contributed by atoms with Gasteiger partial charge in [-0.15, -0.1) is 0 Å². The molecule has 0 radical (unpaired) electrons. The summed E-state index contributed by atoms with van der Waals surface area (Å²) in [6.07, 6.45) is 3.81. The number of aromatic hydroxyl groups is 1. The smallest absolute Gasteiger partial charge is 0.254 e. The number of piperazine rings is 1. The molecule has 3 heterocycles. The first-order valence-corrected chi connectivity index (χ1v) is 11.4. The molecule has 174 valence electrons. The van der Waals surface area contributed by atoms with Gasteiger partial charge in [0.15, 0.2) is 5.65 Å². The minimum Gasteiger partial charge on any atom is -0.508 e. The van der Waals surface area contributed by atoms with Crippen LogP contribution < -0.4 is 5.32 Å². The number of nitriles is 1. The molecule has 0 atom stereocenters. The highest BCUT2D eigenvalue weighted by atomic mass is 16.3. The van der Waals surface area contributed by atoms with E-state index < -0.39 is 0 Å². The van der Waals surface area contributed by atoms with Gasteiger partial charge in [-0.2, -0.15) is 10.4 Å². The molecule has 35 heavy (non-hydrogen) atoms. The Hall–Kier alpha value is -4.48. The number of H-pyrrole nitrogens is 1. The first kappa shape index (κ1) is 22.3. The Labute approximate surface area is 202 Å². The summed E-state index contributed by atoms with van der Waals surface area (Å²) in [6.45, 7) is 4.66. The molecule has 1 aliphatic heterocycles. The number of aromatic amines is 1. The molecule has 5 rings (SSSR count). The van der Waals surface area contributed by atoms with Crippen LogP contribution in [0, 0.1) is 18.3 Å². The van der Waals surface area contributed by atoms with Gasteiger partial charge in [0.05, 0.1) is 34.0 Å². The normalized spacial score (nSPS) is 13.9. The van der Waals surface area contributed by atoms with Crippen LogP contribution in [-0.2, 0) is 0 Å². The van der Waals surface area contributed by atoms with Crippen LogP contribution in [0.4, 0.5) is 0 Å². The number of nitrogens with zero attached hydrogens (tertiary/aromatic N) is 4. The summed E-state index contributed by atoms with van der Waals surface area (Å²) in [6, 6.07) is 16.3. The third kappa shape index (κ3) is 4.50. The van der Waals surface area contributed by atoms with Gasteiger partial charge >= 0.3 is 0 Å². The lowest BCUT2D eigenvalue weighted by Gasteiger charge is -2.27. The fraction of sp³-hybridized carbons (Fsp3) is 0.185. The van der Waals surface area contributed by atoms with Crippen molar-refractivity contribution in [1.29, 1.82) is 5.26 Å². The van der Waals surface area contributed by atoms with E-state index in [2.05, 4.69) is 21.6 Å². The molecule has 3 N–H and O–H groups in total. The Bertz CT molecular complexity index is 1470. The summed E-state index contributed by atoms with van der Waals surface area (Å²) in [4.78, 5) is 20.2. The maximum atomic E-state index is 13.6. The van der Waals surface area contributed by atoms with Gasteiger partial charge in [0.2, 0.25) is 0 Å². The molecule has 8 nitrogen and oxygen atoms in total. The minimum atomic E-state index is -0.0656. The number of hydrogen-bond acceptors (Lipinski definition) is 6. The van der Waals surface area contributed by atoms with E-state index in [0.717, 1.165) is 29.8 Å². The van der Waals surface area contributed by atoms with Crippen LogP contribution in [-0.4, -0.2) is 57.3 Å². The topological polar surface area (TPSA) is 118 Å². The van der Waals surface area contributed by atoms with Crippen LogP contribution in [0.25, 0.3) is 34.4 Å². The number of nitrogens with one attached hydrogen (secondary N) is 2. The second-order valence-corrected chi connectivity index (χ2v) is 8.50. The maximum Gasteiger partial charge on any atom is 0.254 e. The van der Waals surface area contributed by atoms with Crippen molar-refractivity contribution >= 4 is 29.1 Å². The Morgan fingerprint density at radius 3 is 2.60 bits per heavy atom. The largest absolute Gasteiger partial charge is 0.508 e. The quantitative estimate of drug-likeness (QED) is 0.424. The number of pyridine rings is 1. The van der Waals surface area contributed by atoms with Gasteiger partial charge in [0.1, 0.15) is 5.75 Å². The number of phenolic OH excluding ortho intramolecular Hbond substituents is 1. The minimum absolute atomic E-state index is 0.0656. The Kier molecular flexibility index (Phi) is 6.00. The fourth-order valence-corrected chi connectivity index (χ4v) is 4.25. The Balaban J connectivity index is 1.60. The number of phenols is 1. The van der Waals surface area contributed by atoms with Gasteiger partial charge in [-0.05, 0) is 60.5 Å². The summed E-state index contributed by atoms with van der Waals surface area (Å²) in [7, 11) is 0. The lowest BCUT2D eigenvalue weighted by Crippen LogP contribution is -2.46. The molecule has 1 fully saturated rings. The molecular formula is C27H24N6O2. The van der Waals surface area contributed by atoms with E-state index in [4.69, 9.17) is 4.98 Å². The van der Waals surface area contributed by atoms with Gasteiger partial charge < -0.3 is 15.3 Å². The van der Waals surface area contributed by atoms with E-state index in [1.54, 1.807) is 36.4 Å². The summed E-state index contributed by atoms with van der Waals surface area (Å²) >= 11 is 0. The molecule has 1 amide bonds. The van der Waals surface area contributed by atoms with E-state index in [9.17, 15) is 15.2 Å². The van der Waals surface area contributed by atoms with Crippen molar-refractivity contribution in [1.82, 2.24) is 25.4 Å². The van der Waals surface area contributed by atoms with Crippen LogP contribution in [0.3, 0.4) is 0 Å². The molecule has 4 aromatic rings. The van der Waals surface area contributed by atoms with E-state index in [1.165, 1.54) is 0 Å². The Morgan fingerprint density at radius 2 is 1.89 bits per heavy atom. The van der Waals surface area contributed by atoms with Gasteiger partial charge in [-0.3, -0.25) is 9.89 Å². The molecule has 1 saturated heterocycles. The summed E-state index contributed by atoms with van der Waals surface area (Å²) < 4.78 is 0. The number of aromatic nitrogens is 3.